The number of benzene rings is 2. The van der Waals surface area contributed by atoms with E-state index in [0.717, 1.165) is 22.5 Å². The van der Waals surface area contributed by atoms with Gasteiger partial charge in [-0.2, -0.15) is 0 Å². The number of carbonyl (C=O) groups excluding carboxylic acids is 3. The van der Waals surface area contributed by atoms with Gasteiger partial charge in [0.2, 0.25) is 5.91 Å². The van der Waals surface area contributed by atoms with Crippen LogP contribution in [0.25, 0.3) is 5.65 Å². The summed E-state index contributed by atoms with van der Waals surface area (Å²) in [6.07, 6.45) is 3.30. The average Bonchev–Trinajstić information content (AvgIpc) is 3.59. The molecule has 0 saturated carbocycles. The van der Waals surface area contributed by atoms with Gasteiger partial charge in [0.25, 0.3) is 11.8 Å². The van der Waals surface area contributed by atoms with Gasteiger partial charge in [-0.15, -0.1) is 0 Å². The Bertz CT molecular complexity index is 1650. The molecular formula is C31H31N5O6. The minimum Gasteiger partial charge on any atom is -0.493 e. The summed E-state index contributed by atoms with van der Waals surface area (Å²) in [5.41, 5.74) is 3.84. The van der Waals surface area contributed by atoms with Gasteiger partial charge < -0.3 is 34.1 Å². The smallest absolute Gasteiger partial charge is 0.258 e. The Hall–Kier alpha value is -5.06. The number of rotatable bonds is 3. The van der Waals surface area contributed by atoms with E-state index < -0.39 is 12.1 Å². The Morgan fingerprint density at radius 1 is 1.12 bits per heavy atom. The predicted molar refractivity (Wildman–Crippen MR) is 153 cm³/mol. The molecule has 3 aliphatic rings. The number of ether oxygens (including phenoxy) is 3. The molecule has 42 heavy (non-hydrogen) atoms. The number of aryl methyl sites for hydroxylation is 1. The van der Waals surface area contributed by atoms with E-state index in [2.05, 4.69) is 15.6 Å². The summed E-state index contributed by atoms with van der Waals surface area (Å²) in [6, 6.07) is 15.6. The summed E-state index contributed by atoms with van der Waals surface area (Å²) in [5.74, 6) is 0.505. The molecule has 5 heterocycles. The molecule has 0 radical (unpaired) electrons. The zero-order chi connectivity index (χ0) is 29.2. The Kier molecular flexibility index (Phi) is 7.39. The molecule has 2 atom stereocenters. The van der Waals surface area contributed by atoms with E-state index in [1.54, 1.807) is 23.2 Å². The van der Waals surface area contributed by atoms with E-state index in [1.165, 1.54) is 13.2 Å². The zero-order valence-corrected chi connectivity index (χ0v) is 23.3. The molecule has 2 aromatic carbocycles. The number of likely N-dealkylation sites (tertiary alicyclic amines) is 1. The van der Waals surface area contributed by atoms with Gasteiger partial charge in [0.1, 0.15) is 17.5 Å². The van der Waals surface area contributed by atoms with Crippen LogP contribution < -0.4 is 24.8 Å². The van der Waals surface area contributed by atoms with E-state index >= 15 is 0 Å². The second kappa shape index (κ2) is 11.4. The van der Waals surface area contributed by atoms with Crippen LogP contribution in [0.5, 0.6) is 17.2 Å². The van der Waals surface area contributed by atoms with Gasteiger partial charge in [0.05, 0.1) is 31.8 Å². The molecule has 216 valence electrons. The zero-order valence-electron chi connectivity index (χ0n) is 23.3. The highest BCUT2D eigenvalue weighted by Gasteiger charge is 2.38. The standard InChI is InChI=1S/C31H31N5O6/c1-19-4-3-11-36-22(15-33-30(19)36)13-29(38)35-16-24-27(17-35)42-23-8-5-20(6-9-23)14-32-28(37)18-41-26-12-21(31(39)34-24)7-10-25(26)40-2/h3-12,15,24,27H,13-14,16-18H2,1-2H3,(H,32,37)(H,34,39)/t24-,27-/m0/s1. The highest BCUT2D eigenvalue weighted by Crippen LogP contribution is 2.29. The van der Waals surface area contributed by atoms with Gasteiger partial charge in [0.15, 0.2) is 18.1 Å². The highest BCUT2D eigenvalue weighted by atomic mass is 16.5. The van der Waals surface area contributed by atoms with E-state index in [9.17, 15) is 14.4 Å². The number of hydrogen-bond acceptors (Lipinski definition) is 7. The van der Waals surface area contributed by atoms with Crippen LogP contribution in [-0.4, -0.2) is 71.0 Å². The van der Waals surface area contributed by atoms with Crippen molar-refractivity contribution >= 4 is 23.4 Å². The quantitative estimate of drug-likeness (QED) is 0.388. The van der Waals surface area contributed by atoms with Crippen molar-refractivity contribution in [2.45, 2.75) is 32.0 Å². The molecule has 3 aliphatic heterocycles. The number of amides is 3. The number of methoxy groups -OCH3 is 1. The summed E-state index contributed by atoms with van der Waals surface area (Å²) in [6.45, 7) is 2.64. The van der Waals surface area contributed by atoms with Crippen molar-refractivity contribution in [3.63, 3.8) is 0 Å². The number of nitrogens with zero attached hydrogens (tertiary/aromatic N) is 3. The minimum atomic E-state index is -0.488. The van der Waals surface area contributed by atoms with Gasteiger partial charge in [-0.05, 0) is 54.4 Å². The molecule has 4 bridgehead atoms. The lowest BCUT2D eigenvalue weighted by atomic mass is 10.1. The SMILES string of the molecule is COc1ccc2cc1OCC(=O)NCc1ccc(cc1)O[C@H]1CN(C(=O)Cc3cnc4c(C)cccn34)C[C@@H]1NC2=O. The minimum absolute atomic E-state index is 0.0861. The molecular weight excluding hydrogens is 538 g/mol. The molecule has 1 fully saturated rings. The number of imidazole rings is 1. The van der Waals surface area contributed by atoms with Gasteiger partial charge in [-0.1, -0.05) is 18.2 Å². The van der Waals surface area contributed by atoms with Crippen molar-refractivity contribution in [3.8, 4) is 17.2 Å². The maximum Gasteiger partial charge on any atom is 0.258 e. The molecule has 2 aromatic heterocycles. The maximum absolute atomic E-state index is 13.5. The molecule has 0 spiro atoms. The van der Waals surface area contributed by atoms with Crippen LogP contribution >= 0.6 is 0 Å². The van der Waals surface area contributed by atoms with Crippen LogP contribution in [-0.2, 0) is 22.6 Å². The number of fused-ring (bicyclic) bond motifs is 8. The summed E-state index contributed by atoms with van der Waals surface area (Å²) >= 11 is 0. The third-order valence-corrected chi connectivity index (χ3v) is 7.56. The molecule has 4 aromatic rings. The fourth-order valence-electron chi connectivity index (χ4n) is 5.27. The Morgan fingerprint density at radius 2 is 1.95 bits per heavy atom. The monoisotopic (exact) mass is 569 g/mol. The first-order valence-electron chi connectivity index (χ1n) is 13.7. The maximum atomic E-state index is 13.5. The lowest BCUT2D eigenvalue weighted by molar-refractivity contribution is -0.129. The van der Waals surface area contributed by atoms with Gasteiger partial charge in [-0.3, -0.25) is 14.4 Å². The van der Waals surface area contributed by atoms with Gasteiger partial charge in [0, 0.05) is 31.0 Å². The van der Waals surface area contributed by atoms with Crippen molar-refractivity contribution in [1.29, 1.82) is 0 Å². The van der Waals surface area contributed by atoms with Crippen molar-refractivity contribution in [2.24, 2.45) is 0 Å². The van der Waals surface area contributed by atoms with Crippen molar-refractivity contribution < 1.29 is 28.6 Å². The van der Waals surface area contributed by atoms with E-state index in [-0.39, 0.29) is 43.0 Å². The molecule has 1 saturated heterocycles. The largest absolute Gasteiger partial charge is 0.493 e. The summed E-state index contributed by atoms with van der Waals surface area (Å²) in [7, 11) is 1.49. The summed E-state index contributed by atoms with van der Waals surface area (Å²) in [5, 5.41) is 5.87. The number of pyridine rings is 1. The molecule has 0 aliphatic carbocycles. The Labute approximate surface area is 242 Å². The van der Waals surface area contributed by atoms with Gasteiger partial charge >= 0.3 is 0 Å². The van der Waals surface area contributed by atoms with Crippen LogP contribution in [0.3, 0.4) is 0 Å². The summed E-state index contributed by atoms with van der Waals surface area (Å²) in [4.78, 5) is 45.5. The van der Waals surface area contributed by atoms with Crippen molar-refractivity contribution in [3.05, 3.63) is 89.4 Å². The van der Waals surface area contributed by atoms with Crippen molar-refractivity contribution in [2.75, 3.05) is 26.8 Å². The molecule has 7 rings (SSSR count). The molecule has 11 heteroatoms. The van der Waals surface area contributed by atoms with E-state index in [0.29, 0.717) is 30.2 Å². The first-order chi connectivity index (χ1) is 20.4. The fraction of sp³-hybridized carbons (Fsp3) is 0.290. The van der Waals surface area contributed by atoms with Crippen LogP contribution in [0.4, 0.5) is 0 Å². The van der Waals surface area contributed by atoms with Crippen LogP contribution in [0.2, 0.25) is 0 Å². The number of aromatic nitrogens is 2. The average molecular weight is 570 g/mol. The topological polar surface area (TPSA) is 124 Å². The Morgan fingerprint density at radius 3 is 2.76 bits per heavy atom. The summed E-state index contributed by atoms with van der Waals surface area (Å²) < 4.78 is 19.3. The van der Waals surface area contributed by atoms with Gasteiger partial charge in [-0.25, -0.2) is 4.98 Å². The lowest BCUT2D eigenvalue weighted by Gasteiger charge is -2.21. The molecule has 11 nitrogen and oxygen atoms in total. The van der Waals surface area contributed by atoms with E-state index in [4.69, 9.17) is 14.2 Å². The van der Waals surface area contributed by atoms with Crippen LogP contribution in [0.15, 0.2) is 67.0 Å². The number of carbonyl (C=O) groups is 3. The number of hydrogen-bond donors (Lipinski definition) is 2. The molecule has 3 amide bonds. The van der Waals surface area contributed by atoms with Crippen molar-refractivity contribution in [1.82, 2.24) is 24.9 Å². The van der Waals surface area contributed by atoms with E-state index in [1.807, 2.05) is 53.9 Å². The first kappa shape index (κ1) is 27.1. The lowest BCUT2D eigenvalue weighted by Crippen LogP contribution is -2.45. The second-order valence-electron chi connectivity index (χ2n) is 10.4. The van der Waals surface area contributed by atoms with Crippen LogP contribution in [0, 0.1) is 6.92 Å². The second-order valence-corrected chi connectivity index (χ2v) is 10.4. The fourth-order valence-corrected chi connectivity index (χ4v) is 5.27. The molecule has 0 unspecified atom stereocenters. The first-order valence-corrected chi connectivity index (χ1v) is 13.7. The number of nitrogens with one attached hydrogen (secondary N) is 2. The molecule has 2 N–H and O–H groups in total. The third-order valence-electron chi connectivity index (χ3n) is 7.56. The predicted octanol–water partition coefficient (Wildman–Crippen LogP) is 2.29. The highest BCUT2D eigenvalue weighted by molar-refractivity contribution is 5.95. The third kappa shape index (κ3) is 5.58. The Balaban J connectivity index is 1.26. The van der Waals surface area contributed by atoms with Crippen LogP contribution in [0.1, 0.15) is 27.2 Å². The normalized spacial score (nSPS) is 18.9.